The number of thioether (sulfide) groups is 1. The zero-order valence-electron chi connectivity index (χ0n) is 16.4. The number of nitrogens with zero attached hydrogens (tertiary/aromatic N) is 4. The van der Waals surface area contributed by atoms with Gasteiger partial charge in [0.1, 0.15) is 12.1 Å². The van der Waals surface area contributed by atoms with Crippen LogP contribution >= 0.6 is 11.8 Å². The predicted molar refractivity (Wildman–Crippen MR) is 109 cm³/mol. The van der Waals surface area contributed by atoms with E-state index in [4.69, 9.17) is 0 Å². The van der Waals surface area contributed by atoms with Gasteiger partial charge in [0.15, 0.2) is 5.16 Å². The lowest BCUT2D eigenvalue weighted by atomic mass is 10.1. The second kappa shape index (κ2) is 8.56. The number of aromatic nitrogens is 3. The molecule has 146 valence electrons. The van der Waals surface area contributed by atoms with Crippen LogP contribution in [0.25, 0.3) is 5.69 Å². The van der Waals surface area contributed by atoms with Crippen molar-refractivity contribution in [3.8, 4) is 5.69 Å². The van der Waals surface area contributed by atoms with E-state index in [0.29, 0.717) is 11.7 Å². The molecule has 0 saturated heterocycles. The van der Waals surface area contributed by atoms with Gasteiger partial charge in [-0.2, -0.15) is 0 Å². The first-order valence-electron chi connectivity index (χ1n) is 8.99. The van der Waals surface area contributed by atoms with Crippen LogP contribution in [0.1, 0.15) is 23.6 Å². The van der Waals surface area contributed by atoms with E-state index in [1.807, 2.05) is 43.5 Å². The molecule has 0 spiro atoms. The van der Waals surface area contributed by atoms with Crippen molar-refractivity contribution in [2.45, 2.75) is 37.7 Å². The van der Waals surface area contributed by atoms with E-state index in [1.54, 1.807) is 24.3 Å². The van der Waals surface area contributed by atoms with Crippen molar-refractivity contribution in [1.29, 1.82) is 0 Å². The molecule has 1 aromatic heterocycles. The average Bonchev–Trinajstić information content (AvgIpc) is 3.08. The smallest absolute Gasteiger partial charge is 0.235 e. The summed E-state index contributed by atoms with van der Waals surface area (Å²) < 4.78 is 15.3. The van der Waals surface area contributed by atoms with E-state index < -0.39 is 0 Å². The molecule has 1 unspecified atom stereocenters. The van der Waals surface area contributed by atoms with Gasteiger partial charge >= 0.3 is 0 Å². The standard InChI is InChI=1S/C21H23FN4OS/c1-14-8-9-19(15(2)10-14)26-13-23-24-21(26)28-16(3)20(27)25(4)12-17-6-5-7-18(22)11-17/h5-11,13,16H,12H2,1-4H3. The Hall–Kier alpha value is -2.67. The number of hydrogen-bond donors (Lipinski definition) is 0. The van der Waals surface area contributed by atoms with Crippen LogP contribution in [0.15, 0.2) is 53.9 Å². The normalized spacial score (nSPS) is 12.0. The third-order valence-electron chi connectivity index (χ3n) is 4.44. The summed E-state index contributed by atoms with van der Waals surface area (Å²) in [6.45, 7) is 6.28. The summed E-state index contributed by atoms with van der Waals surface area (Å²) in [4.78, 5) is 14.4. The van der Waals surface area contributed by atoms with E-state index in [0.717, 1.165) is 16.8 Å². The van der Waals surface area contributed by atoms with Gasteiger partial charge in [0.25, 0.3) is 0 Å². The number of carbonyl (C=O) groups is 1. The Kier molecular flexibility index (Phi) is 6.14. The molecule has 0 bridgehead atoms. The second-order valence-corrected chi connectivity index (χ2v) is 8.17. The third-order valence-corrected chi connectivity index (χ3v) is 5.49. The Morgan fingerprint density at radius 1 is 1.25 bits per heavy atom. The lowest BCUT2D eigenvalue weighted by molar-refractivity contribution is -0.129. The molecule has 28 heavy (non-hydrogen) atoms. The van der Waals surface area contributed by atoms with Crippen LogP contribution in [0.2, 0.25) is 0 Å². The first-order chi connectivity index (χ1) is 13.3. The van der Waals surface area contributed by atoms with E-state index >= 15 is 0 Å². The summed E-state index contributed by atoms with van der Waals surface area (Å²) in [5.41, 5.74) is 4.05. The van der Waals surface area contributed by atoms with Crippen molar-refractivity contribution in [1.82, 2.24) is 19.7 Å². The van der Waals surface area contributed by atoms with Gasteiger partial charge in [-0.3, -0.25) is 9.36 Å². The summed E-state index contributed by atoms with van der Waals surface area (Å²) in [7, 11) is 1.72. The van der Waals surface area contributed by atoms with E-state index in [-0.39, 0.29) is 17.0 Å². The maximum atomic E-state index is 13.4. The van der Waals surface area contributed by atoms with Gasteiger partial charge in [0, 0.05) is 13.6 Å². The molecule has 0 aliphatic heterocycles. The quantitative estimate of drug-likeness (QED) is 0.585. The number of hydrogen-bond acceptors (Lipinski definition) is 4. The molecule has 0 radical (unpaired) electrons. The van der Waals surface area contributed by atoms with E-state index in [9.17, 15) is 9.18 Å². The minimum Gasteiger partial charge on any atom is -0.340 e. The Morgan fingerprint density at radius 3 is 2.75 bits per heavy atom. The molecule has 0 N–H and O–H groups in total. The number of amides is 1. The first kappa shape index (κ1) is 20.1. The molecule has 2 aromatic carbocycles. The Morgan fingerprint density at radius 2 is 2.04 bits per heavy atom. The number of rotatable bonds is 6. The van der Waals surface area contributed by atoms with Crippen LogP contribution in [0.5, 0.6) is 0 Å². The van der Waals surface area contributed by atoms with Gasteiger partial charge in [-0.25, -0.2) is 4.39 Å². The highest BCUT2D eigenvalue weighted by molar-refractivity contribution is 8.00. The topological polar surface area (TPSA) is 51.0 Å². The molecule has 1 atom stereocenters. The van der Waals surface area contributed by atoms with Crippen LogP contribution in [0.4, 0.5) is 4.39 Å². The zero-order chi connectivity index (χ0) is 20.3. The summed E-state index contributed by atoms with van der Waals surface area (Å²) in [6.07, 6.45) is 1.66. The van der Waals surface area contributed by atoms with Gasteiger partial charge in [-0.05, 0) is 50.1 Å². The molecule has 7 heteroatoms. The van der Waals surface area contributed by atoms with Crippen LogP contribution in [-0.2, 0) is 11.3 Å². The van der Waals surface area contributed by atoms with Crippen LogP contribution in [0, 0.1) is 19.7 Å². The SMILES string of the molecule is Cc1ccc(-n2cnnc2SC(C)C(=O)N(C)Cc2cccc(F)c2)c(C)c1. The number of benzene rings is 2. The highest BCUT2D eigenvalue weighted by Gasteiger charge is 2.22. The zero-order valence-corrected chi connectivity index (χ0v) is 17.2. The maximum absolute atomic E-state index is 13.4. The van der Waals surface area contributed by atoms with Crippen molar-refractivity contribution in [3.05, 3.63) is 71.3 Å². The molecule has 3 rings (SSSR count). The summed E-state index contributed by atoms with van der Waals surface area (Å²) in [5, 5.41) is 8.52. The third kappa shape index (κ3) is 4.59. The average molecular weight is 399 g/mol. The number of aryl methyl sites for hydroxylation is 2. The number of carbonyl (C=O) groups excluding carboxylic acids is 1. The highest BCUT2D eigenvalue weighted by Crippen LogP contribution is 2.26. The lowest BCUT2D eigenvalue weighted by Gasteiger charge is -2.21. The monoisotopic (exact) mass is 398 g/mol. The summed E-state index contributed by atoms with van der Waals surface area (Å²) in [5.74, 6) is -0.355. The van der Waals surface area contributed by atoms with Crippen LogP contribution in [-0.4, -0.2) is 37.9 Å². The number of halogens is 1. The van der Waals surface area contributed by atoms with Gasteiger partial charge in [0.2, 0.25) is 5.91 Å². The summed E-state index contributed by atoms with van der Waals surface area (Å²) >= 11 is 1.36. The molecule has 0 aliphatic carbocycles. The van der Waals surface area contributed by atoms with Crippen molar-refractivity contribution in [2.75, 3.05) is 7.05 Å². The molecule has 0 saturated carbocycles. The molecular weight excluding hydrogens is 375 g/mol. The molecular formula is C21H23FN4OS. The maximum Gasteiger partial charge on any atom is 0.235 e. The van der Waals surface area contributed by atoms with Crippen LogP contribution in [0.3, 0.4) is 0 Å². The van der Waals surface area contributed by atoms with Crippen molar-refractivity contribution in [3.63, 3.8) is 0 Å². The first-order valence-corrected chi connectivity index (χ1v) is 9.87. The largest absolute Gasteiger partial charge is 0.340 e. The van der Waals surface area contributed by atoms with Crippen molar-refractivity contribution >= 4 is 17.7 Å². The molecule has 0 fully saturated rings. The van der Waals surface area contributed by atoms with Gasteiger partial charge in [-0.1, -0.05) is 41.6 Å². The highest BCUT2D eigenvalue weighted by atomic mass is 32.2. The van der Waals surface area contributed by atoms with Crippen molar-refractivity contribution < 1.29 is 9.18 Å². The van der Waals surface area contributed by atoms with Gasteiger partial charge in [-0.15, -0.1) is 10.2 Å². The Bertz CT molecular complexity index is 988. The predicted octanol–water partition coefficient (Wildman–Crippen LogP) is 4.16. The van der Waals surface area contributed by atoms with E-state index in [1.165, 1.54) is 29.5 Å². The Labute approximate surface area is 168 Å². The van der Waals surface area contributed by atoms with E-state index in [2.05, 4.69) is 16.3 Å². The second-order valence-electron chi connectivity index (χ2n) is 6.86. The fourth-order valence-corrected chi connectivity index (χ4v) is 4.00. The van der Waals surface area contributed by atoms with Gasteiger partial charge in [0.05, 0.1) is 10.9 Å². The van der Waals surface area contributed by atoms with Crippen molar-refractivity contribution in [2.24, 2.45) is 0 Å². The van der Waals surface area contributed by atoms with Gasteiger partial charge < -0.3 is 4.90 Å². The molecule has 1 heterocycles. The van der Waals surface area contributed by atoms with Crippen LogP contribution < -0.4 is 0 Å². The lowest BCUT2D eigenvalue weighted by Crippen LogP contribution is -2.33. The molecule has 0 aliphatic rings. The fourth-order valence-electron chi connectivity index (χ4n) is 3.05. The molecule has 5 nitrogen and oxygen atoms in total. The minimum absolute atomic E-state index is 0.0514. The molecule has 3 aromatic rings. The Balaban J connectivity index is 1.72. The summed E-state index contributed by atoms with van der Waals surface area (Å²) in [6, 6.07) is 12.5. The molecule has 1 amide bonds. The fraction of sp³-hybridized carbons (Fsp3) is 0.286. The minimum atomic E-state index is -0.354.